The summed E-state index contributed by atoms with van der Waals surface area (Å²) in [4.78, 5) is 21.8. The summed E-state index contributed by atoms with van der Waals surface area (Å²) in [5.41, 5.74) is 1.04. The van der Waals surface area contributed by atoms with E-state index in [-0.39, 0.29) is 18.1 Å². The van der Waals surface area contributed by atoms with Crippen molar-refractivity contribution in [2.45, 2.75) is 45.8 Å². The van der Waals surface area contributed by atoms with Crippen LogP contribution in [0.15, 0.2) is 30.6 Å². The molecule has 156 valence electrons. The maximum atomic E-state index is 11.2. The summed E-state index contributed by atoms with van der Waals surface area (Å²) < 4.78 is 11.7. The van der Waals surface area contributed by atoms with E-state index in [2.05, 4.69) is 20.2 Å². The first-order chi connectivity index (χ1) is 14.0. The van der Waals surface area contributed by atoms with Gasteiger partial charge >= 0.3 is 0 Å². The molecule has 0 bridgehead atoms. The number of hydrogen-bond donors (Lipinski definition) is 1. The molecule has 0 radical (unpaired) electrons. The lowest BCUT2D eigenvalue weighted by molar-refractivity contribution is -0.119. The zero-order valence-corrected chi connectivity index (χ0v) is 17.8. The first-order valence-corrected chi connectivity index (χ1v) is 10.3. The lowest BCUT2D eigenvalue weighted by atomic mass is 10.1. The lowest BCUT2D eigenvalue weighted by Crippen LogP contribution is -2.26. The molecule has 1 aromatic heterocycles. The van der Waals surface area contributed by atoms with Gasteiger partial charge in [0.25, 0.3) is 0 Å². The van der Waals surface area contributed by atoms with Crippen molar-refractivity contribution in [3.63, 3.8) is 0 Å². The molecule has 0 spiro atoms. The Kier molecular flexibility index (Phi) is 7.14. The number of anilines is 1. The highest BCUT2D eigenvalue weighted by molar-refractivity contribution is 6.34. The van der Waals surface area contributed by atoms with E-state index in [4.69, 9.17) is 21.1 Å². The number of nitrogens with one attached hydrogen (secondary N) is 1. The van der Waals surface area contributed by atoms with Gasteiger partial charge in [-0.1, -0.05) is 30.7 Å². The molecule has 1 aromatic carbocycles. The van der Waals surface area contributed by atoms with Crippen LogP contribution in [-0.4, -0.2) is 41.7 Å². The molecule has 2 aromatic rings. The molecule has 8 heteroatoms. The number of benzene rings is 1. The highest BCUT2D eigenvalue weighted by Gasteiger charge is 2.28. The summed E-state index contributed by atoms with van der Waals surface area (Å²) in [6, 6.07) is 7.78. The molecule has 1 N–H and O–H groups in total. The number of nitrogens with zero attached hydrogens (tertiary/aromatic N) is 3. The molecule has 1 saturated heterocycles. The van der Waals surface area contributed by atoms with Gasteiger partial charge in [-0.05, 0) is 31.0 Å². The van der Waals surface area contributed by atoms with Crippen molar-refractivity contribution in [1.29, 1.82) is 0 Å². The van der Waals surface area contributed by atoms with E-state index in [1.54, 1.807) is 0 Å². The number of amides is 1. The molecule has 1 aliphatic rings. The van der Waals surface area contributed by atoms with Crippen molar-refractivity contribution in [3.8, 4) is 11.6 Å². The lowest BCUT2D eigenvalue weighted by Gasteiger charge is -2.20. The van der Waals surface area contributed by atoms with Gasteiger partial charge in [-0.25, -0.2) is 9.97 Å². The molecule has 2 heterocycles. The third kappa shape index (κ3) is 5.50. The zero-order chi connectivity index (χ0) is 20.8. The number of carbonyl (C=O) groups excluding carboxylic acids is 1. The van der Waals surface area contributed by atoms with Crippen LogP contribution in [0.25, 0.3) is 0 Å². The SMILES string of the molecule is CCCOc1ncnc(N2CC[C@@H](Oc3ccc([C@H](C)NC(C)=O)cc3)C2)c1Cl. The summed E-state index contributed by atoms with van der Waals surface area (Å²) in [5, 5.41) is 3.32. The number of hydrogen-bond acceptors (Lipinski definition) is 6. The largest absolute Gasteiger partial charge is 0.489 e. The zero-order valence-electron chi connectivity index (χ0n) is 17.0. The quantitative estimate of drug-likeness (QED) is 0.703. The highest BCUT2D eigenvalue weighted by Crippen LogP contribution is 2.33. The minimum Gasteiger partial charge on any atom is -0.489 e. The fraction of sp³-hybridized carbons (Fsp3) is 0.476. The van der Waals surface area contributed by atoms with Crippen molar-refractivity contribution >= 4 is 23.3 Å². The molecule has 1 amide bonds. The van der Waals surface area contributed by atoms with Crippen molar-refractivity contribution < 1.29 is 14.3 Å². The number of aromatic nitrogens is 2. The van der Waals surface area contributed by atoms with E-state index in [0.717, 1.165) is 30.7 Å². The monoisotopic (exact) mass is 418 g/mol. The van der Waals surface area contributed by atoms with E-state index in [9.17, 15) is 4.79 Å². The standard InChI is InChI=1S/C21H27ClN4O3/c1-4-11-28-21-19(22)20(23-13-24-21)26-10-9-18(12-26)29-17-7-5-16(6-8-17)14(2)25-15(3)27/h5-8,13-14,18H,4,9-12H2,1-3H3,(H,25,27)/t14-,18+/m0/s1. The second-order valence-electron chi connectivity index (χ2n) is 7.13. The third-order valence-electron chi connectivity index (χ3n) is 4.73. The molecular formula is C21H27ClN4O3. The Bertz CT molecular complexity index is 831. The van der Waals surface area contributed by atoms with Gasteiger partial charge in [0.1, 0.15) is 23.2 Å². The summed E-state index contributed by atoms with van der Waals surface area (Å²) in [6.07, 6.45) is 3.28. The molecule has 1 fully saturated rings. The van der Waals surface area contributed by atoms with Gasteiger partial charge in [0.15, 0.2) is 5.82 Å². The van der Waals surface area contributed by atoms with E-state index < -0.39 is 0 Å². The molecule has 1 aliphatic heterocycles. The third-order valence-corrected chi connectivity index (χ3v) is 5.06. The number of rotatable bonds is 8. The van der Waals surface area contributed by atoms with E-state index >= 15 is 0 Å². The molecule has 7 nitrogen and oxygen atoms in total. The minimum atomic E-state index is -0.0458. The van der Waals surface area contributed by atoms with Gasteiger partial charge in [-0.15, -0.1) is 0 Å². The number of halogens is 1. The Hall–Kier alpha value is -2.54. The van der Waals surface area contributed by atoms with E-state index in [0.29, 0.717) is 29.9 Å². The average Bonchev–Trinajstić information content (AvgIpc) is 3.15. The summed E-state index contributed by atoms with van der Waals surface area (Å²) in [5.74, 6) is 1.86. The fourth-order valence-corrected chi connectivity index (χ4v) is 3.57. The fourth-order valence-electron chi connectivity index (χ4n) is 3.30. The van der Waals surface area contributed by atoms with Gasteiger partial charge in [0.2, 0.25) is 11.8 Å². The molecule has 29 heavy (non-hydrogen) atoms. The molecular weight excluding hydrogens is 392 g/mol. The van der Waals surface area contributed by atoms with Gasteiger partial charge < -0.3 is 19.7 Å². The average molecular weight is 419 g/mol. The summed E-state index contributed by atoms with van der Waals surface area (Å²) in [7, 11) is 0. The van der Waals surface area contributed by atoms with Gasteiger partial charge in [-0.2, -0.15) is 0 Å². The first kappa shape index (κ1) is 21.2. The van der Waals surface area contributed by atoms with Crippen LogP contribution < -0.4 is 19.7 Å². The first-order valence-electron chi connectivity index (χ1n) is 9.90. The molecule has 0 unspecified atom stereocenters. The molecule has 2 atom stereocenters. The smallest absolute Gasteiger partial charge is 0.237 e. The summed E-state index contributed by atoms with van der Waals surface area (Å²) >= 11 is 6.45. The van der Waals surface area contributed by atoms with Crippen LogP contribution in [0.1, 0.15) is 45.2 Å². The Balaban J connectivity index is 1.60. The van der Waals surface area contributed by atoms with Gasteiger partial charge in [-0.3, -0.25) is 4.79 Å². The minimum absolute atomic E-state index is 0.0347. The molecule has 0 saturated carbocycles. The Labute approximate surface area is 176 Å². The van der Waals surface area contributed by atoms with Crippen LogP contribution in [0.4, 0.5) is 5.82 Å². The topological polar surface area (TPSA) is 76.6 Å². The van der Waals surface area contributed by atoms with Crippen molar-refractivity contribution in [3.05, 3.63) is 41.2 Å². The Morgan fingerprint density at radius 3 is 2.79 bits per heavy atom. The van der Waals surface area contributed by atoms with Gasteiger partial charge in [0.05, 0.1) is 19.2 Å². The van der Waals surface area contributed by atoms with Crippen molar-refractivity contribution in [2.75, 3.05) is 24.6 Å². The Morgan fingerprint density at radius 2 is 2.10 bits per heavy atom. The van der Waals surface area contributed by atoms with E-state index in [1.807, 2.05) is 38.1 Å². The van der Waals surface area contributed by atoms with Crippen molar-refractivity contribution in [2.24, 2.45) is 0 Å². The molecule has 3 rings (SSSR count). The molecule has 0 aliphatic carbocycles. The number of carbonyl (C=O) groups is 1. The van der Waals surface area contributed by atoms with Crippen molar-refractivity contribution in [1.82, 2.24) is 15.3 Å². The van der Waals surface area contributed by atoms with E-state index in [1.165, 1.54) is 13.3 Å². The summed E-state index contributed by atoms with van der Waals surface area (Å²) in [6.45, 7) is 7.56. The normalized spacial score (nSPS) is 17.1. The highest BCUT2D eigenvalue weighted by atomic mass is 35.5. The Morgan fingerprint density at radius 1 is 1.34 bits per heavy atom. The number of ether oxygens (including phenoxy) is 2. The van der Waals surface area contributed by atoms with Crippen LogP contribution in [0, 0.1) is 0 Å². The predicted octanol–water partition coefficient (Wildman–Crippen LogP) is 3.77. The second-order valence-corrected chi connectivity index (χ2v) is 7.51. The predicted molar refractivity (Wildman–Crippen MR) is 113 cm³/mol. The van der Waals surface area contributed by atoms with Crippen LogP contribution in [0.5, 0.6) is 11.6 Å². The van der Waals surface area contributed by atoms with Crippen LogP contribution in [0.2, 0.25) is 5.02 Å². The van der Waals surface area contributed by atoms with Crippen LogP contribution in [0.3, 0.4) is 0 Å². The van der Waals surface area contributed by atoms with Crippen LogP contribution in [-0.2, 0) is 4.79 Å². The maximum Gasteiger partial charge on any atom is 0.237 e. The van der Waals surface area contributed by atoms with Gasteiger partial charge in [0, 0.05) is 19.9 Å². The van der Waals surface area contributed by atoms with Crippen LogP contribution >= 0.6 is 11.6 Å². The second kappa shape index (κ2) is 9.78. The maximum absolute atomic E-state index is 11.2.